The highest BCUT2D eigenvalue weighted by molar-refractivity contribution is 7.09. The third-order valence-corrected chi connectivity index (χ3v) is 6.65. The average molecular weight is 449 g/mol. The lowest BCUT2D eigenvalue weighted by Crippen LogP contribution is -2.33. The van der Waals surface area contributed by atoms with Gasteiger partial charge < -0.3 is 10.2 Å². The second kappa shape index (κ2) is 10.0. The first-order chi connectivity index (χ1) is 15.5. The standard InChI is InChI=1S/C25H28N4O2S/c1-17(2)19-5-3-6-21(13-19)29-15-20(14-24(29)30)25(31)27-10-4-7-23-28-22(16-32-23)18-8-11-26-12-9-18/h3,5-6,8-9,11-13,16-17,20H,4,7,10,14-15H2,1-2H3,(H,27,31). The number of anilines is 1. The molecule has 7 heteroatoms. The largest absolute Gasteiger partial charge is 0.356 e. The smallest absolute Gasteiger partial charge is 0.227 e. The van der Waals surface area contributed by atoms with Gasteiger partial charge in [0.05, 0.1) is 16.6 Å². The number of thiazole rings is 1. The van der Waals surface area contributed by atoms with E-state index >= 15 is 0 Å². The van der Waals surface area contributed by atoms with Crippen LogP contribution < -0.4 is 10.2 Å². The van der Waals surface area contributed by atoms with Crippen LogP contribution in [0.5, 0.6) is 0 Å². The Kier molecular flexibility index (Phi) is 6.95. The van der Waals surface area contributed by atoms with Crippen molar-refractivity contribution in [3.63, 3.8) is 0 Å². The summed E-state index contributed by atoms with van der Waals surface area (Å²) in [7, 11) is 0. The zero-order chi connectivity index (χ0) is 22.5. The first kappa shape index (κ1) is 22.1. The summed E-state index contributed by atoms with van der Waals surface area (Å²) in [4.78, 5) is 35.6. The van der Waals surface area contributed by atoms with Crippen LogP contribution in [0, 0.1) is 5.92 Å². The van der Waals surface area contributed by atoms with Gasteiger partial charge in [0.2, 0.25) is 11.8 Å². The fourth-order valence-electron chi connectivity index (χ4n) is 3.86. The minimum absolute atomic E-state index is 0.0116. The molecule has 32 heavy (non-hydrogen) atoms. The molecule has 4 rings (SSSR count). The molecule has 2 amide bonds. The first-order valence-electron chi connectivity index (χ1n) is 11.0. The molecule has 0 radical (unpaired) electrons. The number of rotatable bonds is 8. The molecular weight excluding hydrogens is 420 g/mol. The lowest BCUT2D eigenvalue weighted by Gasteiger charge is -2.18. The SMILES string of the molecule is CC(C)c1cccc(N2CC(C(=O)NCCCc3nc(-c4ccncc4)cs3)CC2=O)c1. The Labute approximate surface area is 192 Å². The number of aryl methyl sites for hydroxylation is 1. The van der Waals surface area contributed by atoms with E-state index < -0.39 is 0 Å². The molecule has 3 aromatic rings. The summed E-state index contributed by atoms with van der Waals surface area (Å²) in [5.74, 6) is 0.0590. The van der Waals surface area contributed by atoms with Crippen LogP contribution in [-0.4, -0.2) is 34.9 Å². The molecule has 0 bridgehead atoms. The van der Waals surface area contributed by atoms with Crippen LogP contribution in [0.4, 0.5) is 5.69 Å². The molecule has 6 nitrogen and oxygen atoms in total. The highest BCUT2D eigenvalue weighted by Gasteiger charge is 2.35. The molecular formula is C25H28N4O2S. The molecule has 1 aliphatic rings. The van der Waals surface area contributed by atoms with E-state index in [9.17, 15) is 9.59 Å². The van der Waals surface area contributed by atoms with Crippen molar-refractivity contribution in [3.05, 3.63) is 64.7 Å². The lowest BCUT2D eigenvalue weighted by atomic mass is 10.0. The third-order valence-electron chi connectivity index (χ3n) is 5.74. The number of hydrogen-bond donors (Lipinski definition) is 1. The van der Waals surface area contributed by atoms with Crippen molar-refractivity contribution in [3.8, 4) is 11.3 Å². The van der Waals surface area contributed by atoms with Crippen LogP contribution in [-0.2, 0) is 16.0 Å². The van der Waals surface area contributed by atoms with E-state index in [1.54, 1.807) is 28.6 Å². The molecule has 2 aromatic heterocycles. The van der Waals surface area contributed by atoms with Gasteiger partial charge in [0.25, 0.3) is 0 Å². The fourth-order valence-corrected chi connectivity index (χ4v) is 4.71. The van der Waals surface area contributed by atoms with Gasteiger partial charge in [-0.3, -0.25) is 14.6 Å². The van der Waals surface area contributed by atoms with E-state index in [0.29, 0.717) is 19.0 Å². The van der Waals surface area contributed by atoms with Gasteiger partial charge in [-0.2, -0.15) is 0 Å². The molecule has 1 unspecified atom stereocenters. The summed E-state index contributed by atoms with van der Waals surface area (Å²) in [6.45, 7) is 5.28. The molecule has 0 aliphatic carbocycles. The Balaban J connectivity index is 1.25. The average Bonchev–Trinajstić information content (AvgIpc) is 3.44. The number of benzene rings is 1. The second-order valence-corrected chi connectivity index (χ2v) is 9.35. The van der Waals surface area contributed by atoms with Crippen molar-refractivity contribution in [2.24, 2.45) is 5.92 Å². The number of hydrogen-bond acceptors (Lipinski definition) is 5. The first-order valence-corrected chi connectivity index (χ1v) is 11.9. The maximum Gasteiger partial charge on any atom is 0.227 e. The van der Waals surface area contributed by atoms with Crippen molar-refractivity contribution in [1.29, 1.82) is 0 Å². The van der Waals surface area contributed by atoms with E-state index in [1.165, 1.54) is 5.56 Å². The summed E-state index contributed by atoms with van der Waals surface area (Å²) < 4.78 is 0. The minimum Gasteiger partial charge on any atom is -0.356 e. The van der Waals surface area contributed by atoms with Gasteiger partial charge in [0, 0.05) is 55.0 Å². The molecule has 1 aliphatic heterocycles. The predicted molar refractivity (Wildman–Crippen MR) is 128 cm³/mol. The summed E-state index contributed by atoms with van der Waals surface area (Å²) in [6, 6.07) is 11.9. The van der Waals surface area contributed by atoms with E-state index in [-0.39, 0.29) is 24.2 Å². The predicted octanol–water partition coefficient (Wildman–Crippen LogP) is 4.43. The molecule has 3 heterocycles. The number of nitrogens with one attached hydrogen (secondary N) is 1. The van der Waals surface area contributed by atoms with Crippen molar-refractivity contribution in [2.45, 2.75) is 39.0 Å². The van der Waals surface area contributed by atoms with Crippen molar-refractivity contribution in [1.82, 2.24) is 15.3 Å². The quantitative estimate of drug-likeness (QED) is 0.517. The summed E-state index contributed by atoms with van der Waals surface area (Å²) in [6.07, 6.45) is 5.42. The number of pyridine rings is 1. The maximum atomic E-state index is 12.6. The molecule has 0 saturated carbocycles. The van der Waals surface area contributed by atoms with Gasteiger partial charge in [-0.15, -0.1) is 11.3 Å². The summed E-state index contributed by atoms with van der Waals surface area (Å²) in [5.41, 5.74) is 4.09. The van der Waals surface area contributed by atoms with Crippen molar-refractivity contribution < 1.29 is 9.59 Å². The van der Waals surface area contributed by atoms with Gasteiger partial charge in [0.1, 0.15) is 0 Å². The molecule has 1 aromatic carbocycles. The van der Waals surface area contributed by atoms with Crippen LogP contribution in [0.2, 0.25) is 0 Å². The monoisotopic (exact) mass is 448 g/mol. The van der Waals surface area contributed by atoms with Gasteiger partial charge in [-0.1, -0.05) is 26.0 Å². The molecule has 166 valence electrons. The molecule has 1 saturated heterocycles. The number of amides is 2. The van der Waals surface area contributed by atoms with E-state index in [1.807, 2.05) is 24.3 Å². The maximum absolute atomic E-state index is 12.6. The lowest BCUT2D eigenvalue weighted by molar-refractivity contribution is -0.126. The highest BCUT2D eigenvalue weighted by Crippen LogP contribution is 2.28. The Morgan fingerprint density at radius 2 is 2.06 bits per heavy atom. The number of nitrogens with zero attached hydrogens (tertiary/aromatic N) is 3. The summed E-state index contributed by atoms with van der Waals surface area (Å²) >= 11 is 1.63. The van der Waals surface area contributed by atoms with Crippen LogP contribution >= 0.6 is 11.3 Å². The zero-order valence-corrected chi connectivity index (χ0v) is 19.3. The topological polar surface area (TPSA) is 75.2 Å². The fraction of sp³-hybridized carbons (Fsp3) is 0.360. The van der Waals surface area contributed by atoms with Crippen LogP contribution in [0.15, 0.2) is 54.2 Å². The molecule has 1 N–H and O–H groups in total. The second-order valence-electron chi connectivity index (χ2n) is 8.41. The highest BCUT2D eigenvalue weighted by atomic mass is 32.1. The van der Waals surface area contributed by atoms with Gasteiger partial charge in [-0.25, -0.2) is 4.98 Å². The van der Waals surface area contributed by atoms with E-state index in [4.69, 9.17) is 0 Å². The van der Waals surface area contributed by atoms with Crippen molar-refractivity contribution >= 4 is 28.8 Å². The number of carbonyl (C=O) groups is 2. The molecule has 1 atom stereocenters. The van der Waals surface area contributed by atoms with Gasteiger partial charge in [-0.05, 0) is 42.2 Å². The van der Waals surface area contributed by atoms with E-state index in [2.05, 4.69) is 46.6 Å². The van der Waals surface area contributed by atoms with Crippen LogP contribution in [0.1, 0.15) is 43.2 Å². The molecule has 1 fully saturated rings. The Bertz CT molecular complexity index is 1080. The van der Waals surface area contributed by atoms with Crippen LogP contribution in [0.3, 0.4) is 0 Å². The molecule has 0 spiro atoms. The third kappa shape index (κ3) is 5.22. The van der Waals surface area contributed by atoms with Gasteiger partial charge >= 0.3 is 0 Å². The minimum atomic E-state index is -0.302. The normalized spacial score (nSPS) is 16.0. The Morgan fingerprint density at radius 1 is 1.25 bits per heavy atom. The van der Waals surface area contributed by atoms with Crippen LogP contribution in [0.25, 0.3) is 11.3 Å². The summed E-state index contributed by atoms with van der Waals surface area (Å²) in [5, 5.41) is 6.11. The zero-order valence-electron chi connectivity index (χ0n) is 18.5. The number of aromatic nitrogens is 2. The Morgan fingerprint density at radius 3 is 2.84 bits per heavy atom. The Hall–Kier alpha value is -3.06. The number of carbonyl (C=O) groups excluding carboxylic acids is 2. The van der Waals surface area contributed by atoms with Gasteiger partial charge in [0.15, 0.2) is 0 Å². The van der Waals surface area contributed by atoms with E-state index in [0.717, 1.165) is 34.8 Å². The van der Waals surface area contributed by atoms with Crippen molar-refractivity contribution in [2.75, 3.05) is 18.0 Å².